The van der Waals surface area contributed by atoms with Crippen molar-refractivity contribution in [2.24, 2.45) is 5.92 Å². The number of hydrogen-bond acceptors (Lipinski definition) is 4. The number of rotatable bonds is 7. The molecular formula is C14H20ClNO3. The molecular weight excluding hydrogens is 266 g/mol. The van der Waals surface area contributed by atoms with Crippen LogP contribution in [-0.4, -0.2) is 34.0 Å². The van der Waals surface area contributed by atoms with Gasteiger partial charge in [-0.15, -0.1) is 0 Å². The fourth-order valence-electron chi connectivity index (χ4n) is 2.15. The Bertz CT molecular complexity index is 435. The highest BCUT2D eigenvalue weighted by molar-refractivity contribution is 6.32. The molecule has 0 radical (unpaired) electrons. The molecule has 1 unspecified atom stereocenters. The molecule has 1 aromatic rings. The second kappa shape index (κ2) is 6.35. The fraction of sp³-hybridized carbons (Fsp3) is 0.571. The minimum Gasteiger partial charge on any atom is -0.495 e. The van der Waals surface area contributed by atoms with Gasteiger partial charge >= 0.3 is 0 Å². The third kappa shape index (κ3) is 3.45. The summed E-state index contributed by atoms with van der Waals surface area (Å²) in [7, 11) is 4.95. The Balaban J connectivity index is 2.21. The highest BCUT2D eigenvalue weighted by Crippen LogP contribution is 2.39. The molecule has 0 heterocycles. The van der Waals surface area contributed by atoms with E-state index >= 15 is 0 Å². The van der Waals surface area contributed by atoms with Crippen molar-refractivity contribution in [3.63, 3.8) is 0 Å². The molecule has 1 fully saturated rings. The monoisotopic (exact) mass is 285 g/mol. The number of halogens is 1. The topological polar surface area (TPSA) is 39.7 Å². The summed E-state index contributed by atoms with van der Waals surface area (Å²) in [5.41, 5.74) is 0.887. The molecule has 0 saturated heterocycles. The average Bonchev–Trinajstić information content (AvgIpc) is 3.23. The average molecular weight is 286 g/mol. The van der Waals surface area contributed by atoms with E-state index in [1.807, 2.05) is 6.07 Å². The predicted octanol–water partition coefficient (Wildman–Crippen LogP) is 3.19. The Morgan fingerprint density at radius 1 is 1.21 bits per heavy atom. The van der Waals surface area contributed by atoms with Gasteiger partial charge in [0.05, 0.1) is 37.6 Å². The summed E-state index contributed by atoms with van der Waals surface area (Å²) in [6.45, 7) is 0.679. The van der Waals surface area contributed by atoms with Crippen LogP contribution in [0.25, 0.3) is 0 Å². The number of anilines is 1. The largest absolute Gasteiger partial charge is 0.495 e. The zero-order chi connectivity index (χ0) is 13.8. The van der Waals surface area contributed by atoms with E-state index in [-0.39, 0.29) is 0 Å². The summed E-state index contributed by atoms with van der Waals surface area (Å²) >= 11 is 6.10. The van der Waals surface area contributed by atoms with Crippen LogP contribution in [0.4, 0.5) is 5.69 Å². The van der Waals surface area contributed by atoms with Crippen molar-refractivity contribution >= 4 is 17.3 Å². The van der Waals surface area contributed by atoms with Gasteiger partial charge in [0, 0.05) is 19.2 Å². The first-order valence-electron chi connectivity index (χ1n) is 6.36. The maximum Gasteiger partial charge on any atom is 0.143 e. The van der Waals surface area contributed by atoms with Gasteiger partial charge in [0.15, 0.2) is 0 Å². The molecule has 1 aliphatic carbocycles. The molecule has 0 amide bonds. The van der Waals surface area contributed by atoms with E-state index in [9.17, 15) is 0 Å². The van der Waals surface area contributed by atoms with Gasteiger partial charge in [0.2, 0.25) is 0 Å². The Kier molecular flexibility index (Phi) is 4.77. The molecule has 1 atom stereocenters. The molecule has 0 spiro atoms. The normalized spacial score (nSPS) is 16.0. The molecule has 0 aromatic heterocycles. The maximum atomic E-state index is 6.10. The summed E-state index contributed by atoms with van der Waals surface area (Å²) in [5.74, 6) is 2.02. The minimum absolute atomic E-state index is 0.296. The van der Waals surface area contributed by atoms with Gasteiger partial charge in [-0.1, -0.05) is 11.6 Å². The van der Waals surface area contributed by atoms with Gasteiger partial charge < -0.3 is 19.5 Å². The Labute approximate surface area is 119 Å². The van der Waals surface area contributed by atoms with Crippen molar-refractivity contribution in [3.05, 3.63) is 17.2 Å². The third-order valence-corrected chi connectivity index (χ3v) is 3.65. The summed E-state index contributed by atoms with van der Waals surface area (Å²) in [5, 5.41) is 4.02. The Morgan fingerprint density at radius 2 is 1.89 bits per heavy atom. The van der Waals surface area contributed by atoms with E-state index in [4.69, 9.17) is 25.8 Å². The van der Waals surface area contributed by atoms with Gasteiger partial charge in [0.1, 0.15) is 11.5 Å². The first-order valence-corrected chi connectivity index (χ1v) is 6.74. The molecule has 0 bridgehead atoms. The summed E-state index contributed by atoms with van der Waals surface area (Å²) < 4.78 is 15.9. The quantitative estimate of drug-likeness (QED) is 0.835. The molecule has 5 heteroatoms. The lowest BCUT2D eigenvalue weighted by Gasteiger charge is -2.21. The van der Waals surface area contributed by atoms with Crippen LogP contribution < -0.4 is 14.8 Å². The number of benzene rings is 1. The molecule has 1 N–H and O–H groups in total. The number of ether oxygens (including phenoxy) is 3. The highest BCUT2D eigenvalue weighted by Gasteiger charge is 2.31. The number of nitrogens with one attached hydrogen (secondary N) is 1. The van der Waals surface area contributed by atoms with Crippen LogP contribution in [-0.2, 0) is 4.74 Å². The first kappa shape index (κ1) is 14.3. The standard InChI is InChI=1S/C14H20ClNO3/c1-17-8-12(9-4-5-9)16-11-7-13(18-2)10(15)6-14(11)19-3/h6-7,9,12,16H,4-5,8H2,1-3H3. The molecule has 19 heavy (non-hydrogen) atoms. The lowest BCUT2D eigenvalue weighted by atomic mass is 10.1. The van der Waals surface area contributed by atoms with Crippen LogP contribution >= 0.6 is 11.6 Å². The highest BCUT2D eigenvalue weighted by atomic mass is 35.5. The van der Waals surface area contributed by atoms with E-state index in [2.05, 4.69) is 5.32 Å². The van der Waals surface area contributed by atoms with E-state index in [0.29, 0.717) is 35.1 Å². The van der Waals surface area contributed by atoms with Crippen molar-refractivity contribution in [1.82, 2.24) is 0 Å². The van der Waals surface area contributed by atoms with Gasteiger partial charge in [-0.3, -0.25) is 0 Å². The van der Waals surface area contributed by atoms with Crippen LogP contribution in [0.2, 0.25) is 5.02 Å². The van der Waals surface area contributed by atoms with E-state index in [1.165, 1.54) is 12.8 Å². The smallest absolute Gasteiger partial charge is 0.143 e. The van der Waals surface area contributed by atoms with Crippen molar-refractivity contribution in [3.8, 4) is 11.5 Å². The van der Waals surface area contributed by atoms with E-state index in [1.54, 1.807) is 27.4 Å². The summed E-state index contributed by atoms with van der Waals surface area (Å²) in [6.07, 6.45) is 2.49. The predicted molar refractivity (Wildman–Crippen MR) is 76.6 cm³/mol. The van der Waals surface area contributed by atoms with Gasteiger partial charge in [-0.25, -0.2) is 0 Å². The molecule has 106 valence electrons. The fourth-order valence-corrected chi connectivity index (χ4v) is 2.38. The van der Waals surface area contributed by atoms with Crippen LogP contribution in [0.3, 0.4) is 0 Å². The Morgan fingerprint density at radius 3 is 2.42 bits per heavy atom. The van der Waals surface area contributed by atoms with Crippen LogP contribution in [0.15, 0.2) is 12.1 Å². The minimum atomic E-state index is 0.296. The van der Waals surface area contributed by atoms with Crippen molar-refractivity contribution in [2.75, 3.05) is 33.3 Å². The van der Waals surface area contributed by atoms with Crippen molar-refractivity contribution in [1.29, 1.82) is 0 Å². The number of hydrogen-bond donors (Lipinski definition) is 1. The van der Waals surface area contributed by atoms with Gasteiger partial charge in [0.25, 0.3) is 0 Å². The van der Waals surface area contributed by atoms with E-state index < -0.39 is 0 Å². The summed E-state index contributed by atoms with van der Waals surface area (Å²) in [6, 6.07) is 3.93. The lowest BCUT2D eigenvalue weighted by Crippen LogP contribution is -2.27. The first-order chi connectivity index (χ1) is 9.19. The van der Waals surface area contributed by atoms with E-state index in [0.717, 1.165) is 5.69 Å². The van der Waals surface area contributed by atoms with Crippen LogP contribution in [0, 0.1) is 5.92 Å². The molecule has 1 aliphatic rings. The van der Waals surface area contributed by atoms with Crippen molar-refractivity contribution < 1.29 is 14.2 Å². The molecule has 2 rings (SSSR count). The van der Waals surface area contributed by atoms with Crippen molar-refractivity contribution in [2.45, 2.75) is 18.9 Å². The van der Waals surface area contributed by atoms with Gasteiger partial charge in [-0.2, -0.15) is 0 Å². The zero-order valence-corrected chi connectivity index (χ0v) is 12.3. The van der Waals surface area contributed by atoms with Crippen LogP contribution in [0.5, 0.6) is 11.5 Å². The molecule has 0 aliphatic heterocycles. The van der Waals surface area contributed by atoms with Gasteiger partial charge in [-0.05, 0) is 18.8 Å². The second-order valence-electron chi connectivity index (χ2n) is 4.73. The number of methoxy groups -OCH3 is 3. The molecule has 1 saturated carbocycles. The third-order valence-electron chi connectivity index (χ3n) is 3.35. The lowest BCUT2D eigenvalue weighted by molar-refractivity contribution is 0.179. The zero-order valence-electron chi connectivity index (χ0n) is 11.5. The second-order valence-corrected chi connectivity index (χ2v) is 5.14. The Hall–Kier alpha value is -1.13. The SMILES string of the molecule is COCC(Nc1cc(OC)c(Cl)cc1OC)C1CC1. The maximum absolute atomic E-state index is 6.10. The summed E-state index contributed by atoms with van der Waals surface area (Å²) in [4.78, 5) is 0. The molecule has 1 aromatic carbocycles. The molecule has 4 nitrogen and oxygen atoms in total. The van der Waals surface area contributed by atoms with Crippen LogP contribution in [0.1, 0.15) is 12.8 Å².